The molecule has 2 aromatic carbocycles. The summed E-state index contributed by atoms with van der Waals surface area (Å²) in [6.07, 6.45) is 0.551. The highest BCUT2D eigenvalue weighted by Gasteiger charge is 2.31. The number of carbonyl (C=O) groups excluding carboxylic acids is 2. The number of methoxy groups -OCH3 is 1. The fraction of sp³-hybridized carbons (Fsp3) is 0.318. The Hall–Kier alpha value is -3.59. The number of hydrogen-bond acceptors (Lipinski definition) is 7. The number of carbonyl (C=O) groups is 3. The predicted molar refractivity (Wildman–Crippen MR) is 111 cm³/mol. The van der Waals surface area contributed by atoms with E-state index in [1.807, 2.05) is 0 Å². The van der Waals surface area contributed by atoms with E-state index in [1.54, 1.807) is 0 Å². The number of aromatic hydroxyl groups is 1. The Morgan fingerprint density at radius 3 is 2.55 bits per heavy atom. The number of rotatable bonds is 6. The van der Waals surface area contributed by atoms with Crippen molar-refractivity contribution in [2.24, 2.45) is 0 Å². The Morgan fingerprint density at radius 2 is 1.87 bits per heavy atom. The monoisotopic (exact) mass is 428 g/mol. The number of esters is 1. The van der Waals surface area contributed by atoms with E-state index in [1.165, 1.54) is 49.6 Å². The topological polar surface area (TPSA) is 134 Å². The lowest BCUT2D eigenvalue weighted by atomic mass is 10.0. The molecular formula is C22H24N2O7. The van der Waals surface area contributed by atoms with Crippen LogP contribution < -0.4 is 15.4 Å². The van der Waals surface area contributed by atoms with E-state index >= 15 is 0 Å². The fourth-order valence-corrected chi connectivity index (χ4v) is 3.46. The van der Waals surface area contributed by atoms with Gasteiger partial charge >= 0.3 is 11.9 Å². The van der Waals surface area contributed by atoms with Crippen LogP contribution in [0, 0.1) is 0 Å². The zero-order valence-electron chi connectivity index (χ0n) is 17.0. The summed E-state index contributed by atoms with van der Waals surface area (Å²) in [5, 5.41) is 25.0. The molecule has 1 fully saturated rings. The van der Waals surface area contributed by atoms with Crippen LogP contribution in [0.15, 0.2) is 42.5 Å². The van der Waals surface area contributed by atoms with Gasteiger partial charge in [-0.15, -0.1) is 0 Å². The summed E-state index contributed by atoms with van der Waals surface area (Å²) < 4.78 is 10.7. The van der Waals surface area contributed by atoms with Gasteiger partial charge in [0.05, 0.1) is 18.7 Å². The van der Waals surface area contributed by atoms with E-state index in [9.17, 15) is 24.6 Å². The van der Waals surface area contributed by atoms with Crippen LogP contribution in [0.5, 0.6) is 11.5 Å². The standard InChI is InChI=1S/C22H24N2O7/c1-30-18-5-2-4-15(19(18)21(27)28)22(29)31-17-6-3-11-23-12-16(17)24-20(26)13-7-9-14(25)10-8-13/h2,4-5,7-10,16-17,23,25H,3,6,11-12H2,1H3,(H,24,26)(H,27,28)/t16-,17-/m1/s1. The first-order valence-electron chi connectivity index (χ1n) is 9.82. The van der Waals surface area contributed by atoms with Crippen LogP contribution >= 0.6 is 0 Å². The molecule has 1 aliphatic rings. The summed E-state index contributed by atoms with van der Waals surface area (Å²) in [6.45, 7) is 1.07. The number of ether oxygens (including phenoxy) is 2. The lowest BCUT2D eigenvalue weighted by Gasteiger charge is -2.26. The van der Waals surface area contributed by atoms with Gasteiger partial charge in [0, 0.05) is 12.1 Å². The van der Waals surface area contributed by atoms with Crippen LogP contribution in [0.1, 0.15) is 43.9 Å². The highest BCUT2D eigenvalue weighted by Crippen LogP contribution is 2.24. The number of hydrogen-bond donors (Lipinski definition) is 4. The van der Waals surface area contributed by atoms with E-state index in [0.717, 1.165) is 0 Å². The third-order valence-electron chi connectivity index (χ3n) is 5.04. The summed E-state index contributed by atoms with van der Waals surface area (Å²) in [4.78, 5) is 37.1. The molecule has 9 nitrogen and oxygen atoms in total. The number of benzene rings is 2. The van der Waals surface area contributed by atoms with Crippen molar-refractivity contribution >= 4 is 17.8 Å². The van der Waals surface area contributed by atoms with Gasteiger partial charge in [-0.3, -0.25) is 4.79 Å². The Morgan fingerprint density at radius 1 is 1.13 bits per heavy atom. The molecule has 0 bridgehead atoms. The maximum atomic E-state index is 12.9. The van der Waals surface area contributed by atoms with E-state index in [0.29, 0.717) is 31.5 Å². The molecule has 1 saturated heterocycles. The molecule has 0 aromatic heterocycles. The van der Waals surface area contributed by atoms with Crippen molar-refractivity contribution in [3.63, 3.8) is 0 Å². The van der Waals surface area contributed by atoms with Crippen LogP contribution in [0.4, 0.5) is 0 Å². The van der Waals surface area contributed by atoms with Crippen molar-refractivity contribution in [1.29, 1.82) is 0 Å². The minimum atomic E-state index is -1.30. The van der Waals surface area contributed by atoms with Crippen LogP contribution in [-0.4, -0.2) is 60.4 Å². The van der Waals surface area contributed by atoms with Gasteiger partial charge in [0.25, 0.3) is 5.91 Å². The zero-order valence-corrected chi connectivity index (χ0v) is 17.0. The fourth-order valence-electron chi connectivity index (χ4n) is 3.46. The number of aromatic carboxylic acids is 1. The Bertz CT molecular complexity index is 959. The molecular weight excluding hydrogens is 404 g/mol. The molecule has 2 aromatic rings. The zero-order chi connectivity index (χ0) is 22.4. The maximum Gasteiger partial charge on any atom is 0.340 e. The highest BCUT2D eigenvalue weighted by molar-refractivity contribution is 6.04. The molecule has 31 heavy (non-hydrogen) atoms. The lowest BCUT2D eigenvalue weighted by molar-refractivity contribution is 0.0188. The molecule has 4 N–H and O–H groups in total. The third-order valence-corrected chi connectivity index (χ3v) is 5.04. The van der Waals surface area contributed by atoms with E-state index in [2.05, 4.69) is 10.6 Å². The van der Waals surface area contributed by atoms with Gasteiger partial charge in [-0.2, -0.15) is 0 Å². The number of phenolic OH excluding ortho intramolecular Hbond substituents is 1. The summed E-state index contributed by atoms with van der Waals surface area (Å²) in [7, 11) is 1.32. The largest absolute Gasteiger partial charge is 0.508 e. The average Bonchev–Trinajstić information content (AvgIpc) is 2.98. The molecule has 164 valence electrons. The maximum absolute atomic E-state index is 12.9. The van der Waals surface area contributed by atoms with Gasteiger partial charge < -0.3 is 30.3 Å². The summed E-state index contributed by atoms with van der Waals surface area (Å²) in [6, 6.07) is 9.62. The smallest absolute Gasteiger partial charge is 0.340 e. The minimum Gasteiger partial charge on any atom is -0.508 e. The van der Waals surface area contributed by atoms with Gasteiger partial charge in [0.15, 0.2) is 0 Å². The van der Waals surface area contributed by atoms with Gasteiger partial charge in [0.2, 0.25) is 0 Å². The third kappa shape index (κ3) is 5.32. The van der Waals surface area contributed by atoms with Gasteiger partial charge in [0.1, 0.15) is 23.2 Å². The number of carboxylic acid groups (broad SMARTS) is 1. The van der Waals surface area contributed by atoms with Crippen LogP contribution in [0.2, 0.25) is 0 Å². The summed E-state index contributed by atoms with van der Waals surface area (Å²) in [5.41, 5.74) is -0.0350. The molecule has 0 unspecified atom stereocenters. The van der Waals surface area contributed by atoms with Crippen molar-refractivity contribution in [1.82, 2.24) is 10.6 Å². The molecule has 0 radical (unpaired) electrons. The number of nitrogens with one attached hydrogen (secondary N) is 2. The second-order valence-corrected chi connectivity index (χ2v) is 7.10. The molecule has 1 amide bonds. The Kier molecular flexibility index (Phi) is 7.09. The van der Waals surface area contributed by atoms with Crippen LogP contribution in [0.25, 0.3) is 0 Å². The van der Waals surface area contributed by atoms with Crippen LogP contribution in [-0.2, 0) is 4.74 Å². The molecule has 0 aliphatic carbocycles. The molecule has 1 aliphatic heterocycles. The molecule has 9 heteroatoms. The molecule has 2 atom stereocenters. The number of carboxylic acids is 1. The second kappa shape index (κ2) is 9.94. The minimum absolute atomic E-state index is 0.0482. The summed E-state index contributed by atoms with van der Waals surface area (Å²) in [5.74, 6) is -2.37. The molecule has 0 spiro atoms. The van der Waals surface area contributed by atoms with E-state index < -0.39 is 24.1 Å². The van der Waals surface area contributed by atoms with Crippen molar-refractivity contribution in [3.8, 4) is 11.5 Å². The Labute approximate surface area is 179 Å². The first kappa shape index (κ1) is 22.1. The molecule has 3 rings (SSSR count). The van der Waals surface area contributed by atoms with E-state index in [4.69, 9.17) is 9.47 Å². The Balaban J connectivity index is 1.79. The lowest BCUT2D eigenvalue weighted by Crippen LogP contribution is -2.49. The van der Waals surface area contributed by atoms with Crippen molar-refractivity contribution in [2.45, 2.75) is 25.0 Å². The summed E-state index contributed by atoms with van der Waals surface area (Å²) >= 11 is 0. The SMILES string of the molecule is COc1cccc(C(=O)O[C@@H]2CCCNC[C@H]2NC(=O)c2ccc(O)cc2)c1C(=O)O. The normalized spacial score (nSPS) is 18.5. The van der Waals surface area contributed by atoms with E-state index in [-0.39, 0.29) is 28.5 Å². The molecule has 1 heterocycles. The predicted octanol–water partition coefficient (Wildman–Crippen LogP) is 1.81. The van der Waals surface area contributed by atoms with Gasteiger partial charge in [-0.25, -0.2) is 9.59 Å². The second-order valence-electron chi connectivity index (χ2n) is 7.10. The van der Waals surface area contributed by atoms with Crippen LogP contribution in [0.3, 0.4) is 0 Å². The number of amides is 1. The average molecular weight is 428 g/mol. The number of phenols is 1. The van der Waals surface area contributed by atoms with Crippen molar-refractivity contribution in [3.05, 3.63) is 59.2 Å². The van der Waals surface area contributed by atoms with Crippen molar-refractivity contribution < 1.29 is 34.1 Å². The van der Waals surface area contributed by atoms with Gasteiger partial charge in [-0.05, 0) is 55.8 Å². The molecule has 0 saturated carbocycles. The van der Waals surface area contributed by atoms with Gasteiger partial charge in [-0.1, -0.05) is 6.07 Å². The van der Waals surface area contributed by atoms with Crippen molar-refractivity contribution in [2.75, 3.05) is 20.2 Å². The first-order valence-corrected chi connectivity index (χ1v) is 9.82. The quantitative estimate of drug-likeness (QED) is 0.512. The first-order chi connectivity index (χ1) is 14.9. The highest BCUT2D eigenvalue weighted by atomic mass is 16.5.